The Bertz CT molecular complexity index is 592. The van der Waals surface area contributed by atoms with Gasteiger partial charge in [-0.15, -0.1) is 0 Å². The van der Waals surface area contributed by atoms with Gasteiger partial charge in [-0.25, -0.2) is 17.6 Å². The van der Waals surface area contributed by atoms with Crippen molar-refractivity contribution in [3.05, 3.63) is 24.0 Å². The second-order valence-electron chi connectivity index (χ2n) is 4.02. The Morgan fingerprint density at radius 3 is 2.55 bits per heavy atom. The van der Waals surface area contributed by atoms with Gasteiger partial charge in [-0.2, -0.15) is 0 Å². The predicted octanol–water partition coefficient (Wildman–Crippen LogP) is 1.55. The highest BCUT2D eigenvalue weighted by Crippen LogP contribution is 2.32. The Balaban J connectivity index is 3.48. The van der Waals surface area contributed by atoms with Crippen LogP contribution in [0.3, 0.4) is 0 Å². The average molecular weight is 326 g/mol. The second-order valence-corrected chi connectivity index (χ2v) is 6.56. The zero-order chi connectivity index (χ0) is 15.5. The van der Waals surface area contributed by atoms with Crippen molar-refractivity contribution in [2.45, 2.75) is 30.0 Å². The molecule has 0 bridgehead atoms. The molecule has 1 aromatic heterocycles. The van der Waals surface area contributed by atoms with Crippen LogP contribution in [0.25, 0.3) is 0 Å². The van der Waals surface area contributed by atoms with Gasteiger partial charge in [0, 0.05) is 24.0 Å². The molecule has 0 saturated carbocycles. The summed E-state index contributed by atoms with van der Waals surface area (Å²) in [6.07, 6.45) is -2.06. The summed E-state index contributed by atoms with van der Waals surface area (Å²) in [7, 11) is 2.17. The Morgan fingerprint density at radius 2 is 2.15 bits per heavy atom. The molecule has 1 N–H and O–H groups in total. The van der Waals surface area contributed by atoms with Crippen molar-refractivity contribution in [3.8, 4) is 0 Å². The number of methoxy groups -OCH3 is 1. The third-order valence-electron chi connectivity index (χ3n) is 2.70. The largest absolute Gasteiger partial charge is 0.479 e. The maximum absolute atomic E-state index is 13.8. The molecule has 20 heavy (non-hydrogen) atoms. The number of hydrogen-bond donors (Lipinski definition) is 1. The molecule has 112 valence electrons. The van der Waals surface area contributed by atoms with E-state index in [1.165, 1.54) is 12.3 Å². The first-order valence-corrected chi connectivity index (χ1v) is 7.80. The van der Waals surface area contributed by atoms with Gasteiger partial charge in [0.2, 0.25) is 0 Å². The van der Waals surface area contributed by atoms with E-state index in [0.29, 0.717) is 0 Å². The van der Waals surface area contributed by atoms with E-state index in [-0.39, 0.29) is 5.69 Å². The van der Waals surface area contributed by atoms with Crippen LogP contribution in [-0.2, 0) is 18.6 Å². The summed E-state index contributed by atoms with van der Waals surface area (Å²) < 4.78 is 41.5. The van der Waals surface area contributed by atoms with Crippen LogP contribution in [0, 0.1) is 0 Å². The van der Waals surface area contributed by atoms with E-state index in [0.717, 1.165) is 20.1 Å². The first-order chi connectivity index (χ1) is 9.20. The fraction of sp³-hybridized carbons (Fsp3) is 0.455. The fourth-order valence-corrected chi connectivity index (χ4v) is 2.93. The van der Waals surface area contributed by atoms with Gasteiger partial charge < -0.3 is 9.84 Å². The fourth-order valence-electron chi connectivity index (χ4n) is 1.86. The monoisotopic (exact) mass is 325 g/mol. The third-order valence-corrected chi connectivity index (χ3v) is 4.07. The molecule has 0 aliphatic carbocycles. The zero-order valence-corrected chi connectivity index (χ0v) is 12.2. The number of halogens is 2. The van der Waals surface area contributed by atoms with Crippen molar-refractivity contribution < 1.29 is 27.4 Å². The van der Waals surface area contributed by atoms with Gasteiger partial charge in [0.05, 0.1) is 11.6 Å². The van der Waals surface area contributed by atoms with Gasteiger partial charge >= 0.3 is 5.97 Å². The van der Waals surface area contributed by atoms with Crippen LogP contribution >= 0.6 is 10.7 Å². The van der Waals surface area contributed by atoms with E-state index in [1.54, 1.807) is 0 Å². The molecule has 0 spiro atoms. The molecule has 0 saturated heterocycles. The van der Waals surface area contributed by atoms with E-state index in [4.69, 9.17) is 20.5 Å². The molecule has 3 unspecified atom stereocenters. The number of hydrogen-bond acceptors (Lipinski definition) is 5. The Kier molecular flexibility index (Phi) is 5.43. The maximum Gasteiger partial charge on any atom is 0.333 e. The van der Waals surface area contributed by atoms with Crippen LogP contribution < -0.4 is 0 Å². The van der Waals surface area contributed by atoms with Crippen molar-refractivity contribution in [3.63, 3.8) is 0 Å². The highest BCUT2D eigenvalue weighted by Gasteiger charge is 2.38. The van der Waals surface area contributed by atoms with E-state index in [9.17, 15) is 17.6 Å². The van der Waals surface area contributed by atoms with Crippen molar-refractivity contribution in [1.29, 1.82) is 0 Å². The van der Waals surface area contributed by atoms with Crippen LogP contribution in [0.15, 0.2) is 23.2 Å². The van der Waals surface area contributed by atoms with Crippen LogP contribution in [0.4, 0.5) is 4.39 Å². The molecule has 1 aromatic rings. The highest BCUT2D eigenvalue weighted by atomic mass is 35.7. The summed E-state index contributed by atoms with van der Waals surface area (Å²) >= 11 is 0. The Morgan fingerprint density at radius 1 is 1.55 bits per heavy atom. The van der Waals surface area contributed by atoms with Crippen molar-refractivity contribution in [1.82, 2.24) is 4.98 Å². The van der Waals surface area contributed by atoms with E-state index >= 15 is 0 Å². The minimum atomic E-state index is -4.18. The second kappa shape index (κ2) is 6.47. The molecular formula is C11H13ClFNO5S. The number of carboxylic acids is 1. The molecule has 9 heteroatoms. The lowest BCUT2D eigenvalue weighted by Crippen LogP contribution is -2.35. The van der Waals surface area contributed by atoms with E-state index in [2.05, 4.69) is 4.98 Å². The molecule has 0 aliphatic heterocycles. The first-order valence-electron chi connectivity index (χ1n) is 5.49. The Hall–Kier alpha value is -1.25. The molecule has 1 heterocycles. The standard InChI is InChI=1S/C11H13ClFNO5S/c1-6(13)8(10(19-2)11(15)16)9-7(20(12,17)18)4-3-5-14-9/h3-6,8,10H,1-2H3,(H,15,16). The summed E-state index contributed by atoms with van der Waals surface area (Å²) in [5.41, 5.74) is -0.272. The zero-order valence-electron chi connectivity index (χ0n) is 10.7. The minimum Gasteiger partial charge on any atom is -0.479 e. The number of nitrogens with zero attached hydrogens (tertiary/aromatic N) is 1. The highest BCUT2D eigenvalue weighted by molar-refractivity contribution is 8.13. The van der Waals surface area contributed by atoms with Crippen molar-refractivity contribution >= 4 is 25.7 Å². The first kappa shape index (κ1) is 16.8. The van der Waals surface area contributed by atoms with Crippen LogP contribution in [0.2, 0.25) is 0 Å². The van der Waals surface area contributed by atoms with Gasteiger partial charge in [-0.3, -0.25) is 4.98 Å². The quantitative estimate of drug-likeness (QED) is 0.798. The number of carbonyl (C=O) groups is 1. The summed E-state index contributed by atoms with van der Waals surface area (Å²) in [5.74, 6) is -2.83. The Labute approximate surface area is 120 Å². The number of ether oxygens (including phenoxy) is 1. The van der Waals surface area contributed by atoms with E-state index < -0.39 is 38.1 Å². The molecule has 0 radical (unpaired) electrons. The molecular weight excluding hydrogens is 313 g/mol. The van der Waals surface area contributed by atoms with Gasteiger partial charge in [0.15, 0.2) is 6.10 Å². The molecule has 0 aromatic carbocycles. The normalized spacial score (nSPS) is 16.4. The molecule has 1 rings (SSSR count). The topological polar surface area (TPSA) is 93.6 Å². The van der Waals surface area contributed by atoms with Gasteiger partial charge in [-0.05, 0) is 19.1 Å². The number of rotatable bonds is 6. The SMILES string of the molecule is COC(C(=O)O)C(c1ncccc1S(=O)(=O)Cl)C(C)F. The van der Waals surface area contributed by atoms with Gasteiger partial charge in [-0.1, -0.05) is 0 Å². The molecule has 0 amide bonds. The smallest absolute Gasteiger partial charge is 0.333 e. The summed E-state index contributed by atoms with van der Waals surface area (Å²) in [5, 5.41) is 9.05. The molecule has 6 nitrogen and oxygen atoms in total. The minimum absolute atomic E-state index is 0.272. The summed E-state index contributed by atoms with van der Waals surface area (Å²) in [6, 6.07) is 2.44. The van der Waals surface area contributed by atoms with Gasteiger partial charge in [0.25, 0.3) is 9.05 Å². The summed E-state index contributed by atoms with van der Waals surface area (Å²) in [6.45, 7) is 1.10. The van der Waals surface area contributed by atoms with E-state index in [1.807, 2.05) is 0 Å². The molecule has 0 fully saturated rings. The average Bonchev–Trinajstić information content (AvgIpc) is 2.33. The van der Waals surface area contributed by atoms with Crippen LogP contribution in [0.1, 0.15) is 18.5 Å². The lowest BCUT2D eigenvalue weighted by molar-refractivity contribution is -0.151. The number of pyridine rings is 1. The number of aliphatic carboxylic acids is 1. The summed E-state index contributed by atoms with van der Waals surface area (Å²) in [4.78, 5) is 14.4. The predicted molar refractivity (Wildman–Crippen MR) is 69.0 cm³/mol. The van der Waals surface area contributed by atoms with Crippen LogP contribution in [0.5, 0.6) is 0 Å². The molecule has 0 aliphatic rings. The lowest BCUT2D eigenvalue weighted by Gasteiger charge is -2.24. The van der Waals surface area contributed by atoms with Crippen molar-refractivity contribution in [2.75, 3.05) is 7.11 Å². The lowest BCUT2D eigenvalue weighted by atomic mass is 9.93. The number of carboxylic acid groups (broad SMARTS) is 1. The van der Waals surface area contributed by atoms with Crippen molar-refractivity contribution in [2.24, 2.45) is 0 Å². The molecule has 3 atom stereocenters. The third kappa shape index (κ3) is 3.65. The number of aromatic nitrogens is 1. The van der Waals surface area contributed by atoms with Gasteiger partial charge in [0.1, 0.15) is 11.1 Å². The maximum atomic E-state index is 13.8. The van der Waals surface area contributed by atoms with Crippen LogP contribution in [-0.4, -0.2) is 43.9 Å². The number of alkyl halides is 1.